The van der Waals surface area contributed by atoms with Gasteiger partial charge in [-0.2, -0.15) is 0 Å². The van der Waals surface area contributed by atoms with Crippen molar-refractivity contribution in [3.8, 4) is 0 Å². The Bertz CT molecular complexity index is 1010. The van der Waals surface area contributed by atoms with Gasteiger partial charge in [0.2, 0.25) is 0 Å². The predicted molar refractivity (Wildman–Crippen MR) is 111 cm³/mol. The van der Waals surface area contributed by atoms with Crippen molar-refractivity contribution in [3.05, 3.63) is 64.2 Å². The van der Waals surface area contributed by atoms with Crippen LogP contribution in [-0.2, 0) is 0 Å². The van der Waals surface area contributed by atoms with E-state index in [0.29, 0.717) is 16.8 Å². The van der Waals surface area contributed by atoms with E-state index >= 15 is 0 Å². The topological polar surface area (TPSA) is 92.5 Å². The lowest BCUT2D eigenvalue weighted by molar-refractivity contribution is 0.0916. The van der Waals surface area contributed by atoms with Gasteiger partial charge in [0.15, 0.2) is 0 Å². The highest BCUT2D eigenvalue weighted by atomic mass is 16.2. The fraction of sp³-hybridized carbons (Fsp3) is 0.348. The van der Waals surface area contributed by atoms with E-state index in [0.717, 1.165) is 36.8 Å². The molecule has 0 radical (unpaired) electrons. The zero-order valence-electron chi connectivity index (χ0n) is 16.7. The van der Waals surface area contributed by atoms with Gasteiger partial charge in [-0.05, 0) is 74.9 Å². The Morgan fingerprint density at radius 1 is 1.03 bits per heavy atom. The second-order valence-corrected chi connectivity index (χ2v) is 8.09. The van der Waals surface area contributed by atoms with Crippen molar-refractivity contribution in [2.45, 2.75) is 51.6 Å². The highest BCUT2D eigenvalue weighted by Crippen LogP contribution is 2.32. The molecule has 29 heavy (non-hydrogen) atoms. The van der Waals surface area contributed by atoms with Crippen molar-refractivity contribution in [2.24, 2.45) is 5.73 Å². The van der Waals surface area contributed by atoms with Gasteiger partial charge in [-0.3, -0.25) is 14.4 Å². The van der Waals surface area contributed by atoms with Crippen molar-refractivity contribution < 1.29 is 14.4 Å². The number of carbonyl (C=O) groups is 3. The molecule has 1 aliphatic carbocycles. The molecule has 0 aromatic heterocycles. The molecule has 3 N–H and O–H groups in total. The van der Waals surface area contributed by atoms with Crippen LogP contribution in [-0.4, -0.2) is 29.8 Å². The number of nitrogens with zero attached hydrogens (tertiary/aromatic N) is 1. The van der Waals surface area contributed by atoms with Gasteiger partial charge < -0.3 is 11.1 Å². The van der Waals surface area contributed by atoms with E-state index in [1.807, 2.05) is 32.0 Å². The summed E-state index contributed by atoms with van der Waals surface area (Å²) < 4.78 is 0. The van der Waals surface area contributed by atoms with Crippen LogP contribution in [0.15, 0.2) is 36.4 Å². The summed E-state index contributed by atoms with van der Waals surface area (Å²) in [5.74, 6) is -0.991. The molecule has 1 saturated carbocycles. The highest BCUT2D eigenvalue weighted by molar-refractivity contribution is 6.35. The van der Waals surface area contributed by atoms with E-state index in [-0.39, 0.29) is 29.5 Å². The molecule has 2 aromatic rings. The summed E-state index contributed by atoms with van der Waals surface area (Å²) in [5, 5.41) is 3.01. The molecule has 0 saturated heterocycles. The molecule has 2 atom stereocenters. The predicted octanol–water partition coefficient (Wildman–Crippen LogP) is 3.10. The summed E-state index contributed by atoms with van der Waals surface area (Å²) in [6, 6.07) is 10.5. The van der Waals surface area contributed by atoms with E-state index in [9.17, 15) is 14.4 Å². The maximum absolute atomic E-state index is 13.0. The number of nitrogens with one attached hydrogen (secondary N) is 1. The number of aryl methyl sites for hydroxylation is 2. The SMILES string of the molecule is Cc1ccc(C)c(N2C(=O)c3ccc(C(=O)NC4CCCC(N)C4)cc3C2=O)c1. The number of benzene rings is 2. The molecular weight excluding hydrogens is 366 g/mol. The minimum atomic E-state index is -0.395. The lowest BCUT2D eigenvalue weighted by atomic mass is 9.91. The molecule has 2 aromatic carbocycles. The third kappa shape index (κ3) is 3.56. The van der Waals surface area contributed by atoms with Crippen molar-refractivity contribution in [1.82, 2.24) is 5.32 Å². The molecule has 4 rings (SSSR count). The standard InChI is InChI=1S/C23H25N3O3/c1-13-6-7-14(2)20(10-13)26-22(28)18-9-8-15(11-19(18)23(26)29)21(27)25-17-5-3-4-16(24)12-17/h6-11,16-17H,3-5,12,24H2,1-2H3,(H,25,27). The quantitative estimate of drug-likeness (QED) is 0.787. The maximum atomic E-state index is 13.0. The van der Waals surface area contributed by atoms with Crippen molar-refractivity contribution in [3.63, 3.8) is 0 Å². The fourth-order valence-corrected chi connectivity index (χ4v) is 4.19. The third-order valence-corrected chi connectivity index (χ3v) is 5.80. The molecule has 1 fully saturated rings. The molecule has 6 heteroatoms. The molecule has 6 nitrogen and oxygen atoms in total. The average Bonchev–Trinajstić information content (AvgIpc) is 2.94. The van der Waals surface area contributed by atoms with Crippen LogP contribution in [0.3, 0.4) is 0 Å². The zero-order valence-corrected chi connectivity index (χ0v) is 16.7. The van der Waals surface area contributed by atoms with Gasteiger partial charge in [-0.25, -0.2) is 4.90 Å². The van der Waals surface area contributed by atoms with Gasteiger partial charge in [0.05, 0.1) is 16.8 Å². The Kier molecular flexibility index (Phi) is 4.96. The van der Waals surface area contributed by atoms with Crippen LogP contribution >= 0.6 is 0 Å². The van der Waals surface area contributed by atoms with Crippen LogP contribution in [0.4, 0.5) is 5.69 Å². The van der Waals surface area contributed by atoms with Gasteiger partial charge in [-0.15, -0.1) is 0 Å². The highest BCUT2D eigenvalue weighted by Gasteiger charge is 2.38. The monoisotopic (exact) mass is 391 g/mol. The Balaban J connectivity index is 1.60. The van der Waals surface area contributed by atoms with Gasteiger partial charge in [0, 0.05) is 17.6 Å². The summed E-state index contributed by atoms with van der Waals surface area (Å²) in [6.45, 7) is 3.78. The van der Waals surface area contributed by atoms with E-state index < -0.39 is 5.91 Å². The van der Waals surface area contributed by atoms with E-state index in [1.54, 1.807) is 12.1 Å². The van der Waals surface area contributed by atoms with Crippen LogP contribution in [0.1, 0.15) is 67.9 Å². The van der Waals surface area contributed by atoms with Gasteiger partial charge in [-0.1, -0.05) is 12.1 Å². The lowest BCUT2D eigenvalue weighted by Crippen LogP contribution is -2.42. The van der Waals surface area contributed by atoms with E-state index in [1.165, 1.54) is 11.0 Å². The number of nitrogens with two attached hydrogens (primary N) is 1. The Morgan fingerprint density at radius 2 is 1.79 bits per heavy atom. The second kappa shape index (κ2) is 7.44. The number of rotatable bonds is 3. The number of fused-ring (bicyclic) bond motifs is 1. The molecule has 0 bridgehead atoms. The first-order valence-electron chi connectivity index (χ1n) is 10.0. The molecule has 2 aliphatic rings. The fourth-order valence-electron chi connectivity index (χ4n) is 4.19. The molecule has 3 amide bonds. The van der Waals surface area contributed by atoms with Crippen LogP contribution in [0.5, 0.6) is 0 Å². The summed E-state index contributed by atoms with van der Waals surface area (Å²) >= 11 is 0. The first-order valence-corrected chi connectivity index (χ1v) is 10.0. The molecule has 150 valence electrons. The maximum Gasteiger partial charge on any atom is 0.266 e. The summed E-state index contributed by atoms with van der Waals surface area (Å²) in [5.41, 5.74) is 9.37. The lowest BCUT2D eigenvalue weighted by Gasteiger charge is -2.27. The van der Waals surface area contributed by atoms with E-state index in [2.05, 4.69) is 5.32 Å². The first kappa shape index (κ1) is 19.3. The number of hydrogen-bond donors (Lipinski definition) is 2. The Morgan fingerprint density at radius 3 is 2.55 bits per heavy atom. The van der Waals surface area contributed by atoms with Gasteiger partial charge in [0.25, 0.3) is 17.7 Å². The van der Waals surface area contributed by atoms with Crippen LogP contribution in [0, 0.1) is 13.8 Å². The van der Waals surface area contributed by atoms with Gasteiger partial charge in [0.1, 0.15) is 0 Å². The Labute approximate surface area is 170 Å². The number of imide groups is 1. The first-order chi connectivity index (χ1) is 13.8. The minimum absolute atomic E-state index is 0.0447. The molecule has 0 spiro atoms. The number of carbonyl (C=O) groups excluding carboxylic acids is 3. The van der Waals surface area contributed by atoms with Gasteiger partial charge >= 0.3 is 0 Å². The van der Waals surface area contributed by atoms with Crippen LogP contribution < -0.4 is 16.0 Å². The Hall–Kier alpha value is -2.99. The van der Waals surface area contributed by atoms with E-state index in [4.69, 9.17) is 5.73 Å². The molecule has 1 aliphatic heterocycles. The van der Waals surface area contributed by atoms with Crippen molar-refractivity contribution in [1.29, 1.82) is 0 Å². The largest absolute Gasteiger partial charge is 0.349 e. The number of hydrogen-bond acceptors (Lipinski definition) is 4. The molecule has 2 unspecified atom stereocenters. The third-order valence-electron chi connectivity index (χ3n) is 5.80. The number of anilines is 1. The molecular formula is C23H25N3O3. The molecule has 1 heterocycles. The zero-order chi connectivity index (χ0) is 20.7. The van der Waals surface area contributed by atoms with Crippen molar-refractivity contribution >= 4 is 23.4 Å². The summed E-state index contributed by atoms with van der Waals surface area (Å²) in [6.07, 6.45) is 3.64. The van der Waals surface area contributed by atoms with Crippen LogP contribution in [0.25, 0.3) is 0 Å². The van der Waals surface area contributed by atoms with Crippen LogP contribution in [0.2, 0.25) is 0 Å². The summed E-state index contributed by atoms with van der Waals surface area (Å²) in [4.78, 5) is 39.8. The number of amides is 3. The van der Waals surface area contributed by atoms with Crippen molar-refractivity contribution in [2.75, 3.05) is 4.90 Å². The minimum Gasteiger partial charge on any atom is -0.349 e. The second-order valence-electron chi connectivity index (χ2n) is 8.09. The normalized spacial score (nSPS) is 21.3. The average molecular weight is 391 g/mol. The summed E-state index contributed by atoms with van der Waals surface area (Å²) in [7, 11) is 0. The smallest absolute Gasteiger partial charge is 0.266 e.